The first-order chi connectivity index (χ1) is 13.5. The molecule has 7 N–H and O–H groups in total. The molecule has 3 aromatic rings. The summed E-state index contributed by atoms with van der Waals surface area (Å²) in [6.07, 6.45) is 3.87. The quantitative estimate of drug-likeness (QED) is 0.204. The van der Waals surface area contributed by atoms with Crippen LogP contribution in [0, 0.1) is 0 Å². The standard InChI is InChI=1S/C14H14N2O6S2.CH2N4.ClH/c15-11-5-3-9(13(7-11)23(17,18)19)1-2-10-4-6-12(16)8-14(10)24(20,21)22;1-2-4-5-3-1;/h1-8H,15-16H2,(H,17,18,19)(H,20,21,22);1H,(H,2,3,4,5);1H. The van der Waals surface area contributed by atoms with Crippen LogP contribution in [0.3, 0.4) is 0 Å². The molecule has 0 unspecified atom stereocenters. The van der Waals surface area contributed by atoms with E-state index < -0.39 is 30.0 Å². The Morgan fingerprint density at radius 2 is 1.27 bits per heavy atom. The van der Waals surface area contributed by atoms with Crippen molar-refractivity contribution in [2.45, 2.75) is 9.79 Å². The van der Waals surface area contributed by atoms with E-state index in [-0.39, 0.29) is 34.9 Å². The molecule has 0 atom stereocenters. The minimum Gasteiger partial charge on any atom is -0.399 e. The van der Waals surface area contributed by atoms with Gasteiger partial charge in [-0.2, -0.15) is 22.0 Å². The van der Waals surface area contributed by atoms with Crippen molar-refractivity contribution in [2.24, 2.45) is 0 Å². The summed E-state index contributed by atoms with van der Waals surface area (Å²) in [6.45, 7) is 0. The van der Waals surface area contributed by atoms with Crippen molar-refractivity contribution in [3.63, 3.8) is 0 Å². The maximum atomic E-state index is 11.4. The number of aromatic amines is 1. The van der Waals surface area contributed by atoms with Gasteiger partial charge in [0.15, 0.2) is 6.33 Å². The van der Waals surface area contributed by atoms with Crippen molar-refractivity contribution >= 4 is 56.2 Å². The molecule has 0 fully saturated rings. The van der Waals surface area contributed by atoms with Gasteiger partial charge >= 0.3 is 0 Å². The lowest BCUT2D eigenvalue weighted by atomic mass is 10.1. The molecule has 0 saturated heterocycles. The molecule has 15 heteroatoms. The number of H-pyrrole nitrogens is 1. The number of benzene rings is 2. The number of hydrogen-bond acceptors (Lipinski definition) is 9. The van der Waals surface area contributed by atoms with Gasteiger partial charge in [-0.25, -0.2) is 0 Å². The van der Waals surface area contributed by atoms with Crippen molar-refractivity contribution in [2.75, 3.05) is 11.5 Å². The van der Waals surface area contributed by atoms with Crippen molar-refractivity contribution in [3.8, 4) is 0 Å². The number of nitrogens with one attached hydrogen (secondary N) is 1. The topological polar surface area (TPSA) is 215 Å². The molecule has 0 radical (unpaired) electrons. The first-order valence-corrected chi connectivity index (χ1v) is 10.4. The number of halogens is 1. The SMILES string of the molecule is Cl.Nc1ccc(C=Cc2ccc(N)cc2S(=O)(=O)O)c(S(=O)(=O)O)c1.c1nn[nH]n1. The van der Waals surface area contributed by atoms with Gasteiger partial charge < -0.3 is 11.5 Å². The van der Waals surface area contributed by atoms with Crippen LogP contribution in [-0.2, 0) is 20.2 Å². The number of nitrogens with two attached hydrogens (primary N) is 2. The number of nitrogens with zero attached hydrogens (tertiary/aromatic N) is 3. The van der Waals surface area contributed by atoms with E-state index in [1.54, 1.807) is 0 Å². The summed E-state index contributed by atoms with van der Waals surface area (Å²) < 4.78 is 64.1. The Bertz CT molecular complexity index is 1130. The van der Waals surface area contributed by atoms with Crippen LogP contribution in [0.25, 0.3) is 12.2 Å². The van der Waals surface area contributed by atoms with Crippen LogP contribution in [0.4, 0.5) is 11.4 Å². The van der Waals surface area contributed by atoms with Crippen LogP contribution >= 0.6 is 12.4 Å². The Balaban J connectivity index is 0.000000655. The van der Waals surface area contributed by atoms with Gasteiger partial charge in [-0.3, -0.25) is 9.11 Å². The maximum Gasteiger partial charge on any atom is 0.295 e. The summed E-state index contributed by atoms with van der Waals surface area (Å²) in [6, 6.07) is 7.67. The normalized spacial score (nSPS) is 11.4. The third-order valence-electron chi connectivity index (χ3n) is 3.34. The predicted octanol–water partition coefficient (Wildman–Crippen LogP) is 1.14. The maximum absolute atomic E-state index is 11.4. The molecule has 30 heavy (non-hydrogen) atoms. The van der Waals surface area contributed by atoms with Gasteiger partial charge in [0.1, 0.15) is 9.79 Å². The lowest BCUT2D eigenvalue weighted by Crippen LogP contribution is -2.03. The first kappa shape index (κ1) is 25.0. The number of hydrogen-bond donors (Lipinski definition) is 5. The molecule has 3 rings (SSSR count). The first-order valence-electron chi connectivity index (χ1n) is 7.57. The number of tetrazole rings is 1. The average Bonchev–Trinajstić information content (AvgIpc) is 3.20. The molecule has 0 aliphatic heterocycles. The Kier molecular flexibility index (Phi) is 8.44. The molecule has 1 heterocycles. The molecular weight excluding hydrogens is 460 g/mol. The van der Waals surface area contributed by atoms with E-state index in [9.17, 15) is 25.9 Å². The van der Waals surface area contributed by atoms with E-state index in [1.807, 2.05) is 0 Å². The van der Waals surface area contributed by atoms with Crippen molar-refractivity contribution < 1.29 is 25.9 Å². The second kappa shape index (κ2) is 10.1. The van der Waals surface area contributed by atoms with Gasteiger partial charge in [0.2, 0.25) is 0 Å². The Labute approximate surface area is 177 Å². The summed E-state index contributed by atoms with van der Waals surface area (Å²) in [4.78, 5) is -0.856. The lowest BCUT2D eigenvalue weighted by molar-refractivity contribution is 0.480. The highest BCUT2D eigenvalue weighted by atomic mass is 35.5. The van der Waals surface area contributed by atoms with E-state index in [0.29, 0.717) is 0 Å². The van der Waals surface area contributed by atoms with Gasteiger partial charge in [0.25, 0.3) is 20.2 Å². The molecule has 0 spiro atoms. The fourth-order valence-electron chi connectivity index (χ4n) is 2.13. The van der Waals surface area contributed by atoms with E-state index in [1.165, 1.54) is 42.7 Å². The molecule has 0 saturated carbocycles. The number of aromatic nitrogens is 4. The zero-order chi connectivity index (χ0) is 21.7. The van der Waals surface area contributed by atoms with Crippen LogP contribution in [-0.4, -0.2) is 46.6 Å². The highest BCUT2D eigenvalue weighted by Crippen LogP contribution is 2.24. The van der Waals surface area contributed by atoms with Gasteiger partial charge in [-0.15, -0.1) is 22.6 Å². The minimum atomic E-state index is -4.52. The molecule has 162 valence electrons. The van der Waals surface area contributed by atoms with Gasteiger partial charge in [0.05, 0.1) is 0 Å². The van der Waals surface area contributed by atoms with Crippen molar-refractivity contribution in [1.82, 2.24) is 20.6 Å². The van der Waals surface area contributed by atoms with Crippen LogP contribution in [0.2, 0.25) is 0 Å². The summed E-state index contributed by atoms with van der Waals surface area (Å²) >= 11 is 0. The summed E-state index contributed by atoms with van der Waals surface area (Å²) in [7, 11) is -9.05. The fourth-order valence-corrected chi connectivity index (χ4v) is 3.57. The van der Waals surface area contributed by atoms with E-state index in [0.717, 1.165) is 12.1 Å². The molecule has 0 aliphatic rings. The zero-order valence-corrected chi connectivity index (χ0v) is 17.4. The van der Waals surface area contributed by atoms with Crippen LogP contribution in [0.1, 0.15) is 11.1 Å². The van der Waals surface area contributed by atoms with Crippen LogP contribution in [0.15, 0.2) is 52.5 Å². The molecule has 1 aromatic heterocycles. The predicted molar refractivity (Wildman–Crippen MR) is 112 cm³/mol. The molecule has 0 amide bonds. The molecule has 12 nitrogen and oxygen atoms in total. The van der Waals surface area contributed by atoms with Gasteiger partial charge in [-0.1, -0.05) is 29.5 Å². The van der Waals surface area contributed by atoms with E-state index >= 15 is 0 Å². The zero-order valence-electron chi connectivity index (χ0n) is 14.9. The fraction of sp³-hybridized carbons (Fsp3) is 0. The molecule has 2 aromatic carbocycles. The van der Waals surface area contributed by atoms with Crippen LogP contribution in [0.5, 0.6) is 0 Å². The van der Waals surface area contributed by atoms with E-state index in [2.05, 4.69) is 20.6 Å². The van der Waals surface area contributed by atoms with Crippen molar-refractivity contribution in [1.29, 1.82) is 0 Å². The lowest BCUT2D eigenvalue weighted by Gasteiger charge is -2.06. The monoisotopic (exact) mass is 476 g/mol. The Hall–Kier alpha value is -3.04. The van der Waals surface area contributed by atoms with Crippen LogP contribution < -0.4 is 11.5 Å². The third kappa shape index (κ3) is 7.09. The Morgan fingerprint density at radius 1 is 0.833 bits per heavy atom. The number of nitrogen functional groups attached to an aromatic ring is 2. The Morgan fingerprint density at radius 3 is 1.53 bits per heavy atom. The summed E-state index contributed by atoms with van der Waals surface area (Å²) in [5, 5.41) is 12.2. The molecule has 0 aliphatic carbocycles. The highest BCUT2D eigenvalue weighted by molar-refractivity contribution is 7.86. The van der Waals surface area contributed by atoms with E-state index in [4.69, 9.17) is 11.5 Å². The highest BCUT2D eigenvalue weighted by Gasteiger charge is 2.16. The van der Waals surface area contributed by atoms with Gasteiger partial charge in [0, 0.05) is 11.4 Å². The largest absolute Gasteiger partial charge is 0.399 e. The third-order valence-corrected chi connectivity index (χ3v) is 5.16. The minimum absolute atomic E-state index is 0. The second-order valence-electron chi connectivity index (χ2n) is 5.44. The average molecular weight is 477 g/mol. The summed E-state index contributed by atoms with van der Waals surface area (Å²) in [5.74, 6) is 0. The molecular formula is C15H17ClN6O6S2. The second-order valence-corrected chi connectivity index (χ2v) is 8.22. The summed E-state index contributed by atoms with van der Waals surface area (Å²) in [5.41, 5.74) is 11.4. The number of anilines is 2. The smallest absolute Gasteiger partial charge is 0.295 e. The molecule has 0 bridgehead atoms. The van der Waals surface area contributed by atoms with Crippen molar-refractivity contribution in [3.05, 3.63) is 53.9 Å². The van der Waals surface area contributed by atoms with Gasteiger partial charge in [-0.05, 0) is 35.4 Å². The number of rotatable bonds is 4.